The molecule has 1 aromatic heterocycles. The Morgan fingerprint density at radius 2 is 2.05 bits per heavy atom. The number of carbonyl (C=O) groups excluding carboxylic acids is 1. The highest BCUT2D eigenvalue weighted by Gasteiger charge is 2.22. The number of anilines is 1. The van der Waals surface area contributed by atoms with Crippen molar-refractivity contribution in [2.75, 3.05) is 32.1 Å². The molecule has 2 N–H and O–H groups in total. The Morgan fingerprint density at radius 1 is 1.32 bits per heavy atom. The second kappa shape index (κ2) is 8.43. The molecule has 0 bridgehead atoms. The van der Waals surface area contributed by atoms with E-state index < -0.39 is 0 Å². The summed E-state index contributed by atoms with van der Waals surface area (Å²) in [5, 5.41) is 5.97. The number of halogens is 1. The molecule has 1 aliphatic carbocycles. The van der Waals surface area contributed by atoms with Gasteiger partial charge in [-0.25, -0.2) is 9.97 Å². The minimum absolute atomic E-state index is 0.0515. The number of amides is 1. The summed E-state index contributed by atoms with van der Waals surface area (Å²) in [4.78, 5) is 22.0. The maximum absolute atomic E-state index is 11.2. The van der Waals surface area contributed by atoms with Crippen molar-refractivity contribution in [3.8, 4) is 0 Å². The lowest BCUT2D eigenvalue weighted by Crippen LogP contribution is -2.41. The smallest absolute Gasteiger partial charge is 0.233 e. The molecule has 7 heteroatoms. The SMILES string of the molecule is CNC(=O)CNC1CCC(CN(C)c2cnc(Br)cn2)CC1. The van der Waals surface area contributed by atoms with Crippen LogP contribution in [0.4, 0.5) is 5.82 Å². The van der Waals surface area contributed by atoms with Crippen molar-refractivity contribution in [2.24, 2.45) is 5.92 Å². The second-order valence-electron chi connectivity index (χ2n) is 5.85. The van der Waals surface area contributed by atoms with Gasteiger partial charge < -0.3 is 15.5 Å². The third-order valence-electron chi connectivity index (χ3n) is 4.21. The molecule has 1 aromatic rings. The van der Waals surface area contributed by atoms with Crippen LogP contribution in [0.25, 0.3) is 0 Å². The lowest BCUT2D eigenvalue weighted by Gasteiger charge is -2.32. The van der Waals surface area contributed by atoms with E-state index in [1.54, 1.807) is 19.4 Å². The Balaban J connectivity index is 1.72. The lowest BCUT2D eigenvalue weighted by molar-refractivity contribution is -0.119. The summed E-state index contributed by atoms with van der Waals surface area (Å²) in [6, 6.07) is 0.464. The summed E-state index contributed by atoms with van der Waals surface area (Å²) in [7, 11) is 3.73. The quantitative estimate of drug-likeness (QED) is 0.796. The average molecular weight is 370 g/mol. The first kappa shape index (κ1) is 17.1. The number of rotatable bonds is 6. The van der Waals surface area contributed by atoms with E-state index in [0.717, 1.165) is 29.8 Å². The van der Waals surface area contributed by atoms with Crippen LogP contribution in [0.15, 0.2) is 17.0 Å². The van der Waals surface area contributed by atoms with Gasteiger partial charge in [-0.1, -0.05) is 0 Å². The second-order valence-corrected chi connectivity index (χ2v) is 6.66. The van der Waals surface area contributed by atoms with E-state index in [1.807, 2.05) is 0 Å². The van der Waals surface area contributed by atoms with Gasteiger partial charge in [-0.15, -0.1) is 0 Å². The molecule has 1 saturated carbocycles. The van der Waals surface area contributed by atoms with E-state index in [9.17, 15) is 4.79 Å². The molecule has 0 aromatic carbocycles. The minimum atomic E-state index is 0.0515. The van der Waals surface area contributed by atoms with Crippen LogP contribution in [0.5, 0.6) is 0 Å². The van der Waals surface area contributed by atoms with E-state index in [4.69, 9.17) is 0 Å². The molecule has 0 unspecified atom stereocenters. The summed E-state index contributed by atoms with van der Waals surface area (Å²) in [6.07, 6.45) is 8.13. The van der Waals surface area contributed by atoms with Gasteiger partial charge in [-0.3, -0.25) is 4.79 Å². The Hall–Kier alpha value is -1.21. The first-order valence-corrected chi connectivity index (χ1v) is 8.50. The standard InChI is InChI=1S/C15H24BrN5O/c1-17-15(22)9-18-12-5-3-11(4-6-12)10-21(2)14-8-19-13(16)7-20-14/h7-8,11-12,18H,3-6,9-10H2,1-2H3,(H,17,22). The fourth-order valence-electron chi connectivity index (χ4n) is 2.86. The van der Waals surface area contributed by atoms with Gasteiger partial charge in [0, 0.05) is 26.7 Å². The van der Waals surface area contributed by atoms with Crippen LogP contribution in [0.3, 0.4) is 0 Å². The topological polar surface area (TPSA) is 70.2 Å². The zero-order valence-corrected chi connectivity index (χ0v) is 14.8. The summed E-state index contributed by atoms with van der Waals surface area (Å²) >= 11 is 3.30. The first-order chi connectivity index (χ1) is 10.6. The Morgan fingerprint density at radius 3 is 2.64 bits per heavy atom. The highest BCUT2D eigenvalue weighted by atomic mass is 79.9. The normalized spacial score (nSPS) is 21.4. The third-order valence-corrected chi connectivity index (χ3v) is 4.62. The Kier molecular flexibility index (Phi) is 6.57. The van der Waals surface area contributed by atoms with Crippen LogP contribution in [-0.4, -0.2) is 49.1 Å². The van der Waals surface area contributed by atoms with Crippen LogP contribution >= 0.6 is 15.9 Å². The van der Waals surface area contributed by atoms with Crippen LogP contribution in [-0.2, 0) is 4.79 Å². The molecule has 0 radical (unpaired) electrons. The molecule has 0 saturated heterocycles. The lowest BCUT2D eigenvalue weighted by atomic mass is 9.85. The predicted molar refractivity (Wildman–Crippen MR) is 90.8 cm³/mol. The van der Waals surface area contributed by atoms with Crippen molar-refractivity contribution in [1.29, 1.82) is 0 Å². The maximum atomic E-state index is 11.2. The predicted octanol–water partition coefficient (Wildman–Crippen LogP) is 1.57. The Labute approximate surface area is 140 Å². The molecule has 0 spiro atoms. The van der Waals surface area contributed by atoms with Crippen molar-refractivity contribution >= 4 is 27.7 Å². The van der Waals surface area contributed by atoms with Crippen molar-refractivity contribution in [2.45, 2.75) is 31.7 Å². The van der Waals surface area contributed by atoms with Crippen molar-refractivity contribution in [3.63, 3.8) is 0 Å². The van der Waals surface area contributed by atoms with E-state index in [0.29, 0.717) is 18.5 Å². The highest BCUT2D eigenvalue weighted by molar-refractivity contribution is 9.10. The van der Waals surface area contributed by atoms with Gasteiger partial charge in [0.1, 0.15) is 10.4 Å². The molecule has 1 amide bonds. The van der Waals surface area contributed by atoms with Gasteiger partial charge in [-0.05, 0) is 47.5 Å². The fourth-order valence-corrected chi connectivity index (χ4v) is 3.06. The van der Waals surface area contributed by atoms with E-state index in [2.05, 4.69) is 48.5 Å². The summed E-state index contributed by atoms with van der Waals surface area (Å²) < 4.78 is 0.757. The number of nitrogens with one attached hydrogen (secondary N) is 2. The van der Waals surface area contributed by atoms with Crippen molar-refractivity contribution < 1.29 is 4.79 Å². The number of hydrogen-bond acceptors (Lipinski definition) is 5. The van der Waals surface area contributed by atoms with Gasteiger partial charge in [0.25, 0.3) is 0 Å². The molecule has 122 valence electrons. The van der Waals surface area contributed by atoms with Crippen LogP contribution in [0.2, 0.25) is 0 Å². The molecule has 0 aliphatic heterocycles. The molecular weight excluding hydrogens is 346 g/mol. The van der Waals surface area contributed by atoms with Crippen LogP contribution < -0.4 is 15.5 Å². The third kappa shape index (κ3) is 5.21. The molecule has 1 fully saturated rings. The van der Waals surface area contributed by atoms with Crippen molar-refractivity contribution in [3.05, 3.63) is 17.0 Å². The van der Waals surface area contributed by atoms with E-state index >= 15 is 0 Å². The fraction of sp³-hybridized carbons (Fsp3) is 0.667. The zero-order valence-electron chi connectivity index (χ0n) is 13.2. The zero-order chi connectivity index (χ0) is 15.9. The molecule has 0 atom stereocenters. The summed E-state index contributed by atoms with van der Waals surface area (Å²) in [6.45, 7) is 1.42. The number of likely N-dealkylation sites (N-methyl/N-ethyl adjacent to an activating group) is 1. The molecule has 22 heavy (non-hydrogen) atoms. The monoisotopic (exact) mass is 369 g/mol. The van der Waals surface area contributed by atoms with Gasteiger partial charge in [-0.2, -0.15) is 0 Å². The molecule has 1 heterocycles. The van der Waals surface area contributed by atoms with Crippen molar-refractivity contribution in [1.82, 2.24) is 20.6 Å². The molecule has 6 nitrogen and oxygen atoms in total. The van der Waals surface area contributed by atoms with Gasteiger partial charge in [0.05, 0.1) is 18.9 Å². The molecular formula is C15H24BrN5O. The van der Waals surface area contributed by atoms with Gasteiger partial charge in [0.2, 0.25) is 5.91 Å². The maximum Gasteiger partial charge on any atom is 0.233 e. The minimum Gasteiger partial charge on any atom is -0.358 e. The Bertz CT molecular complexity index is 473. The van der Waals surface area contributed by atoms with Crippen LogP contribution in [0, 0.1) is 5.92 Å². The summed E-state index contributed by atoms with van der Waals surface area (Å²) in [5.41, 5.74) is 0. The van der Waals surface area contributed by atoms with E-state index in [1.165, 1.54) is 12.8 Å². The summed E-state index contributed by atoms with van der Waals surface area (Å²) in [5.74, 6) is 1.63. The molecule has 2 rings (SSSR count). The highest BCUT2D eigenvalue weighted by Crippen LogP contribution is 2.26. The first-order valence-electron chi connectivity index (χ1n) is 7.71. The number of nitrogens with zero attached hydrogens (tertiary/aromatic N) is 3. The number of hydrogen-bond donors (Lipinski definition) is 2. The number of carbonyl (C=O) groups is 1. The largest absolute Gasteiger partial charge is 0.358 e. The average Bonchev–Trinajstić information content (AvgIpc) is 2.54. The number of aromatic nitrogens is 2. The van der Waals surface area contributed by atoms with Gasteiger partial charge in [0.15, 0.2) is 0 Å². The van der Waals surface area contributed by atoms with E-state index in [-0.39, 0.29) is 5.91 Å². The molecule has 1 aliphatic rings. The van der Waals surface area contributed by atoms with Crippen LogP contribution in [0.1, 0.15) is 25.7 Å². The van der Waals surface area contributed by atoms with Gasteiger partial charge >= 0.3 is 0 Å².